The predicted molar refractivity (Wildman–Crippen MR) is 78.7 cm³/mol. The second kappa shape index (κ2) is 4.68. The van der Waals surface area contributed by atoms with E-state index >= 15 is 0 Å². The molecule has 0 aliphatic carbocycles. The van der Waals surface area contributed by atoms with Crippen molar-refractivity contribution in [2.24, 2.45) is 5.73 Å². The second-order valence-corrected chi connectivity index (χ2v) is 6.82. The van der Waals surface area contributed by atoms with Crippen LogP contribution in [0, 0.1) is 0 Å². The molecule has 1 aromatic rings. The highest BCUT2D eigenvalue weighted by Crippen LogP contribution is 2.39. The topological polar surface area (TPSA) is 46.2 Å². The molecule has 0 aliphatic heterocycles. The van der Waals surface area contributed by atoms with Crippen molar-refractivity contribution in [3.63, 3.8) is 0 Å². The number of hydrogen-bond donors (Lipinski definition) is 2. The molecule has 18 heavy (non-hydrogen) atoms. The van der Waals surface area contributed by atoms with Crippen molar-refractivity contribution in [3.05, 3.63) is 35.0 Å². The van der Waals surface area contributed by atoms with Crippen LogP contribution in [-0.4, -0.2) is 5.11 Å². The van der Waals surface area contributed by atoms with Crippen molar-refractivity contribution in [2.75, 3.05) is 0 Å². The molecule has 0 spiro atoms. The smallest absolute Gasteiger partial charge is 0.123 e. The zero-order chi connectivity index (χ0) is 14.1. The Morgan fingerprint density at radius 1 is 0.944 bits per heavy atom. The summed E-state index contributed by atoms with van der Waals surface area (Å²) < 4.78 is 0. The lowest BCUT2D eigenvalue weighted by molar-refractivity contribution is 0.423. The summed E-state index contributed by atoms with van der Waals surface area (Å²) in [4.78, 5) is 0. The summed E-state index contributed by atoms with van der Waals surface area (Å²) in [5.74, 6) is 0.407. The quantitative estimate of drug-likeness (QED) is 0.790. The summed E-state index contributed by atoms with van der Waals surface area (Å²) in [5, 5.41) is 10.5. The molecular formula is C16H25NO. The highest BCUT2D eigenvalue weighted by Gasteiger charge is 2.25. The van der Waals surface area contributed by atoms with E-state index in [4.69, 9.17) is 5.73 Å². The fourth-order valence-electron chi connectivity index (χ4n) is 2.01. The van der Waals surface area contributed by atoms with Crippen molar-refractivity contribution in [1.29, 1.82) is 0 Å². The molecule has 2 heteroatoms. The van der Waals surface area contributed by atoms with Gasteiger partial charge in [-0.05, 0) is 40.8 Å². The molecule has 100 valence electrons. The molecule has 2 nitrogen and oxygen atoms in total. The van der Waals surface area contributed by atoms with Gasteiger partial charge in [-0.2, -0.15) is 0 Å². The average Bonchev–Trinajstić information content (AvgIpc) is 2.17. The molecule has 0 atom stereocenters. The van der Waals surface area contributed by atoms with Crippen LogP contribution in [0.5, 0.6) is 5.75 Å². The van der Waals surface area contributed by atoms with Gasteiger partial charge in [0.1, 0.15) is 5.75 Å². The SMILES string of the molecule is CC(C)(C)c1cc(/C=C/N)cc(C(C)(C)C)c1O. The largest absolute Gasteiger partial charge is 0.507 e. The first-order chi connectivity index (χ1) is 8.07. The standard InChI is InChI=1S/C16H25NO/c1-15(2,3)12-9-11(7-8-17)10-13(14(12)18)16(4,5)6/h7-10,18H,17H2,1-6H3/b8-7+. The molecule has 1 rings (SSSR count). The Kier molecular flexibility index (Phi) is 3.80. The van der Waals surface area contributed by atoms with E-state index in [-0.39, 0.29) is 10.8 Å². The number of hydrogen-bond acceptors (Lipinski definition) is 2. The summed E-state index contributed by atoms with van der Waals surface area (Å²) in [6.45, 7) is 12.6. The minimum absolute atomic E-state index is 0.0947. The van der Waals surface area contributed by atoms with Crippen molar-refractivity contribution in [2.45, 2.75) is 52.4 Å². The van der Waals surface area contributed by atoms with E-state index in [1.54, 1.807) is 0 Å². The minimum atomic E-state index is -0.0947. The lowest BCUT2D eigenvalue weighted by Crippen LogP contribution is -2.17. The molecule has 0 unspecified atom stereocenters. The third-order valence-electron chi connectivity index (χ3n) is 3.04. The first kappa shape index (κ1) is 14.6. The Balaban J connectivity index is 3.59. The maximum absolute atomic E-state index is 10.5. The number of phenolic OH excluding ortho intramolecular Hbond substituents is 1. The van der Waals surface area contributed by atoms with Crippen LogP contribution >= 0.6 is 0 Å². The molecule has 0 bridgehead atoms. The average molecular weight is 247 g/mol. The van der Waals surface area contributed by atoms with E-state index in [0.717, 1.165) is 16.7 Å². The van der Waals surface area contributed by atoms with Gasteiger partial charge in [-0.1, -0.05) is 41.5 Å². The third-order valence-corrected chi connectivity index (χ3v) is 3.04. The van der Waals surface area contributed by atoms with Gasteiger partial charge in [-0.15, -0.1) is 0 Å². The molecule has 0 aliphatic rings. The van der Waals surface area contributed by atoms with Crippen molar-refractivity contribution >= 4 is 6.08 Å². The van der Waals surface area contributed by atoms with E-state index in [1.165, 1.54) is 6.20 Å². The Morgan fingerprint density at radius 2 is 1.33 bits per heavy atom. The summed E-state index contributed by atoms with van der Waals surface area (Å²) >= 11 is 0. The lowest BCUT2D eigenvalue weighted by Gasteiger charge is -2.27. The van der Waals surface area contributed by atoms with E-state index in [9.17, 15) is 5.11 Å². The van der Waals surface area contributed by atoms with E-state index in [2.05, 4.69) is 41.5 Å². The van der Waals surface area contributed by atoms with Crippen LogP contribution in [0.1, 0.15) is 58.2 Å². The summed E-state index contributed by atoms with van der Waals surface area (Å²) in [7, 11) is 0. The highest BCUT2D eigenvalue weighted by atomic mass is 16.3. The van der Waals surface area contributed by atoms with Crippen LogP contribution in [0.4, 0.5) is 0 Å². The second-order valence-electron chi connectivity index (χ2n) is 6.82. The lowest BCUT2D eigenvalue weighted by atomic mass is 9.78. The van der Waals surface area contributed by atoms with Gasteiger partial charge < -0.3 is 10.8 Å². The zero-order valence-electron chi connectivity index (χ0n) is 12.3. The molecular weight excluding hydrogens is 222 g/mol. The molecule has 0 heterocycles. The maximum atomic E-state index is 10.5. The molecule has 0 saturated carbocycles. The van der Waals surface area contributed by atoms with Crippen molar-refractivity contribution in [1.82, 2.24) is 0 Å². The van der Waals surface area contributed by atoms with Crippen LogP contribution in [0.15, 0.2) is 18.3 Å². The fraction of sp³-hybridized carbons (Fsp3) is 0.500. The van der Waals surface area contributed by atoms with Gasteiger partial charge in [0, 0.05) is 11.1 Å². The summed E-state index contributed by atoms with van der Waals surface area (Å²) in [6, 6.07) is 4.02. The highest BCUT2D eigenvalue weighted by molar-refractivity contribution is 5.58. The van der Waals surface area contributed by atoms with E-state index < -0.39 is 0 Å². The van der Waals surface area contributed by atoms with Gasteiger partial charge in [0.2, 0.25) is 0 Å². The Labute approximate surface area is 111 Å². The first-order valence-corrected chi connectivity index (χ1v) is 6.33. The number of aromatic hydroxyl groups is 1. The summed E-state index contributed by atoms with van der Waals surface area (Å²) in [5.41, 5.74) is 8.24. The Hall–Kier alpha value is -1.44. The molecule has 0 aromatic heterocycles. The van der Waals surface area contributed by atoms with E-state index in [1.807, 2.05) is 18.2 Å². The first-order valence-electron chi connectivity index (χ1n) is 6.33. The molecule has 0 radical (unpaired) electrons. The number of phenols is 1. The van der Waals surface area contributed by atoms with Crippen LogP contribution in [0.3, 0.4) is 0 Å². The van der Waals surface area contributed by atoms with Gasteiger partial charge in [-0.25, -0.2) is 0 Å². The van der Waals surface area contributed by atoms with Gasteiger partial charge in [0.25, 0.3) is 0 Å². The monoisotopic (exact) mass is 247 g/mol. The predicted octanol–water partition coefficient (Wildman–Crippen LogP) is 3.92. The number of nitrogens with two attached hydrogens (primary N) is 1. The molecule has 0 fully saturated rings. The molecule has 0 saturated heterocycles. The van der Waals surface area contributed by atoms with Gasteiger partial charge in [-0.3, -0.25) is 0 Å². The van der Waals surface area contributed by atoms with Gasteiger partial charge >= 0.3 is 0 Å². The molecule has 3 N–H and O–H groups in total. The number of rotatable bonds is 1. The maximum Gasteiger partial charge on any atom is 0.123 e. The fourth-order valence-corrected chi connectivity index (χ4v) is 2.01. The van der Waals surface area contributed by atoms with Gasteiger partial charge in [0.05, 0.1) is 0 Å². The van der Waals surface area contributed by atoms with Gasteiger partial charge in [0.15, 0.2) is 0 Å². The number of benzene rings is 1. The van der Waals surface area contributed by atoms with E-state index in [0.29, 0.717) is 5.75 Å². The molecule has 0 amide bonds. The Morgan fingerprint density at radius 3 is 1.61 bits per heavy atom. The zero-order valence-corrected chi connectivity index (χ0v) is 12.3. The minimum Gasteiger partial charge on any atom is -0.507 e. The third kappa shape index (κ3) is 3.06. The van der Waals surface area contributed by atoms with Crippen LogP contribution in [0.2, 0.25) is 0 Å². The normalized spacial score (nSPS) is 13.2. The molecule has 1 aromatic carbocycles. The van der Waals surface area contributed by atoms with Crippen LogP contribution in [0.25, 0.3) is 6.08 Å². The summed E-state index contributed by atoms with van der Waals surface area (Å²) in [6.07, 6.45) is 3.40. The van der Waals surface area contributed by atoms with Crippen LogP contribution < -0.4 is 5.73 Å². The van der Waals surface area contributed by atoms with Crippen molar-refractivity contribution < 1.29 is 5.11 Å². The van der Waals surface area contributed by atoms with Crippen LogP contribution in [-0.2, 0) is 10.8 Å². The van der Waals surface area contributed by atoms with Crippen molar-refractivity contribution in [3.8, 4) is 5.75 Å². The Bertz CT molecular complexity index is 424.